The fraction of sp³-hybridized carbons (Fsp3) is 0.550. The van der Waals surface area contributed by atoms with Gasteiger partial charge in [0.15, 0.2) is 0 Å². The summed E-state index contributed by atoms with van der Waals surface area (Å²) in [6.07, 6.45) is 3.51. The molecule has 7 heteroatoms. The Morgan fingerprint density at radius 1 is 1.15 bits per heavy atom. The summed E-state index contributed by atoms with van der Waals surface area (Å²) in [6.45, 7) is 0. The van der Waals surface area contributed by atoms with E-state index in [2.05, 4.69) is 5.32 Å². The molecule has 2 aliphatic heterocycles. The minimum atomic E-state index is -0.945. The van der Waals surface area contributed by atoms with Crippen LogP contribution in [0.2, 0.25) is 0 Å². The second-order valence-corrected chi connectivity index (χ2v) is 7.20. The van der Waals surface area contributed by atoms with E-state index in [0.717, 1.165) is 24.8 Å². The third kappa shape index (κ3) is 3.63. The van der Waals surface area contributed by atoms with Crippen molar-refractivity contribution >= 4 is 18.0 Å². The van der Waals surface area contributed by atoms with Crippen LogP contribution in [-0.4, -0.2) is 54.7 Å². The summed E-state index contributed by atoms with van der Waals surface area (Å²) < 4.78 is 9.82. The zero-order valence-corrected chi connectivity index (χ0v) is 15.8. The molecule has 1 N–H and O–H groups in total. The molecular weight excluding hydrogens is 348 g/mol. The Kier molecular flexibility index (Phi) is 5.68. The first-order valence-electron chi connectivity index (χ1n) is 9.32. The molecule has 2 saturated heterocycles. The number of methoxy groups -OCH3 is 2. The summed E-state index contributed by atoms with van der Waals surface area (Å²) in [7, 11) is 2.63. The summed E-state index contributed by atoms with van der Waals surface area (Å²) in [4.78, 5) is 39.5. The molecular formula is C20H26N2O5. The lowest BCUT2D eigenvalue weighted by Crippen LogP contribution is -2.63. The van der Waals surface area contributed by atoms with E-state index in [-0.39, 0.29) is 11.9 Å². The molecule has 2 amide bonds. The molecule has 3 atom stereocenters. The Bertz CT molecular complexity index is 704. The molecule has 2 heterocycles. The number of nitrogens with one attached hydrogen (secondary N) is 1. The van der Waals surface area contributed by atoms with Crippen LogP contribution >= 0.6 is 0 Å². The van der Waals surface area contributed by atoms with Crippen molar-refractivity contribution in [3.05, 3.63) is 35.9 Å². The maximum Gasteiger partial charge on any atom is 0.410 e. The molecule has 1 aromatic carbocycles. The topological polar surface area (TPSA) is 84.9 Å². The lowest BCUT2D eigenvalue weighted by Gasteiger charge is -2.42. The highest BCUT2D eigenvalue weighted by molar-refractivity contribution is 5.94. The normalized spacial score (nSPS) is 24.8. The van der Waals surface area contributed by atoms with Gasteiger partial charge in [-0.05, 0) is 37.7 Å². The van der Waals surface area contributed by atoms with Gasteiger partial charge in [0, 0.05) is 12.5 Å². The van der Waals surface area contributed by atoms with Crippen LogP contribution in [-0.2, 0) is 25.5 Å². The van der Waals surface area contributed by atoms with Crippen LogP contribution in [0, 0.1) is 0 Å². The standard InChI is InChI=1S/C20H26N2O5/c1-26-17(23)16(13-14-7-4-3-5-8-14)21-18(24)20-11-6-9-15(10-12-20)22(20)19(25)27-2/h3-5,7-8,15-16H,6,9-13H2,1-2H3,(H,21,24)/t15?,16-,20-/m1/s1. The first kappa shape index (κ1) is 19.2. The Morgan fingerprint density at radius 3 is 2.56 bits per heavy atom. The van der Waals surface area contributed by atoms with Gasteiger partial charge in [0.25, 0.3) is 0 Å². The van der Waals surface area contributed by atoms with Crippen molar-refractivity contribution < 1.29 is 23.9 Å². The van der Waals surface area contributed by atoms with Crippen molar-refractivity contribution in [2.75, 3.05) is 14.2 Å². The summed E-state index contributed by atoms with van der Waals surface area (Å²) in [6, 6.07) is 8.66. The highest BCUT2D eigenvalue weighted by atomic mass is 16.5. The zero-order valence-electron chi connectivity index (χ0n) is 15.8. The Hall–Kier alpha value is -2.57. The zero-order chi connectivity index (χ0) is 19.4. The molecule has 1 aromatic rings. The van der Waals surface area contributed by atoms with Crippen LogP contribution < -0.4 is 5.32 Å². The number of carbonyl (C=O) groups is 3. The Balaban J connectivity index is 1.81. The van der Waals surface area contributed by atoms with Crippen molar-refractivity contribution in [3.8, 4) is 0 Å². The summed E-state index contributed by atoms with van der Waals surface area (Å²) in [5, 5.41) is 2.85. The lowest BCUT2D eigenvalue weighted by molar-refractivity contribution is -0.147. The molecule has 2 fully saturated rings. The number of piperidine rings is 1. The number of hydrogen-bond acceptors (Lipinski definition) is 5. The van der Waals surface area contributed by atoms with E-state index in [0.29, 0.717) is 19.3 Å². The number of benzene rings is 1. The molecule has 0 saturated carbocycles. The van der Waals surface area contributed by atoms with Crippen LogP contribution in [0.1, 0.15) is 37.7 Å². The number of fused-ring (bicyclic) bond motifs is 2. The number of carbonyl (C=O) groups excluding carboxylic acids is 3. The SMILES string of the molecule is COC(=O)[C@@H](Cc1ccccc1)NC(=O)[C@@]12CCCC(CC1)N2C(=O)OC. The average Bonchev–Trinajstić information content (AvgIpc) is 2.93. The largest absolute Gasteiger partial charge is 0.467 e. The number of nitrogens with zero attached hydrogens (tertiary/aromatic N) is 1. The molecule has 27 heavy (non-hydrogen) atoms. The van der Waals surface area contributed by atoms with Gasteiger partial charge in [-0.3, -0.25) is 9.69 Å². The van der Waals surface area contributed by atoms with Gasteiger partial charge in [0.1, 0.15) is 11.6 Å². The van der Waals surface area contributed by atoms with Crippen molar-refractivity contribution in [1.82, 2.24) is 10.2 Å². The first-order chi connectivity index (χ1) is 13.0. The van der Waals surface area contributed by atoms with Crippen LogP contribution in [0.5, 0.6) is 0 Å². The van der Waals surface area contributed by atoms with Gasteiger partial charge in [-0.25, -0.2) is 9.59 Å². The third-order valence-corrected chi connectivity index (χ3v) is 5.71. The van der Waals surface area contributed by atoms with Gasteiger partial charge < -0.3 is 14.8 Å². The Morgan fingerprint density at radius 2 is 1.89 bits per heavy atom. The number of hydrogen-bond donors (Lipinski definition) is 1. The quantitative estimate of drug-likeness (QED) is 0.798. The van der Waals surface area contributed by atoms with Crippen molar-refractivity contribution in [1.29, 1.82) is 0 Å². The number of rotatable bonds is 5. The molecule has 1 unspecified atom stereocenters. The monoisotopic (exact) mass is 374 g/mol. The smallest absolute Gasteiger partial charge is 0.410 e. The first-order valence-corrected chi connectivity index (χ1v) is 9.32. The van der Waals surface area contributed by atoms with Crippen LogP contribution in [0.25, 0.3) is 0 Å². The molecule has 0 radical (unpaired) electrons. The maximum atomic E-state index is 13.3. The van der Waals surface area contributed by atoms with Gasteiger partial charge in [0.2, 0.25) is 5.91 Å². The minimum Gasteiger partial charge on any atom is -0.467 e. The van der Waals surface area contributed by atoms with Crippen molar-refractivity contribution in [3.63, 3.8) is 0 Å². The average molecular weight is 374 g/mol. The van der Waals surface area contributed by atoms with Gasteiger partial charge in [-0.2, -0.15) is 0 Å². The summed E-state index contributed by atoms with van der Waals surface area (Å²) in [5.41, 5.74) is -0.0256. The van der Waals surface area contributed by atoms with Gasteiger partial charge >= 0.3 is 12.1 Å². The molecule has 2 bridgehead atoms. The highest BCUT2D eigenvalue weighted by Gasteiger charge is 2.56. The highest BCUT2D eigenvalue weighted by Crippen LogP contribution is 2.44. The summed E-state index contributed by atoms with van der Waals surface area (Å²) >= 11 is 0. The maximum absolute atomic E-state index is 13.3. The van der Waals surface area contributed by atoms with Crippen molar-refractivity contribution in [2.45, 2.75) is 56.1 Å². The van der Waals surface area contributed by atoms with E-state index >= 15 is 0 Å². The van der Waals surface area contributed by atoms with Gasteiger partial charge in [-0.15, -0.1) is 0 Å². The molecule has 146 valence electrons. The Labute approximate surface area is 159 Å². The van der Waals surface area contributed by atoms with Gasteiger partial charge in [-0.1, -0.05) is 30.3 Å². The molecule has 0 spiro atoms. The van der Waals surface area contributed by atoms with E-state index in [1.165, 1.54) is 14.2 Å². The predicted molar refractivity (Wildman–Crippen MR) is 97.9 cm³/mol. The van der Waals surface area contributed by atoms with Crippen LogP contribution in [0.15, 0.2) is 30.3 Å². The van der Waals surface area contributed by atoms with Crippen LogP contribution in [0.4, 0.5) is 4.79 Å². The predicted octanol–water partition coefficient (Wildman–Crippen LogP) is 2.04. The summed E-state index contributed by atoms with van der Waals surface area (Å²) in [5.74, 6) is -0.806. The molecule has 2 aliphatic rings. The molecule has 0 aromatic heterocycles. The minimum absolute atomic E-state index is 0.0163. The fourth-order valence-corrected chi connectivity index (χ4v) is 4.39. The third-order valence-electron chi connectivity index (χ3n) is 5.71. The van der Waals surface area contributed by atoms with E-state index in [4.69, 9.17) is 9.47 Å². The fourth-order valence-electron chi connectivity index (χ4n) is 4.39. The van der Waals surface area contributed by atoms with Crippen molar-refractivity contribution in [2.24, 2.45) is 0 Å². The number of esters is 1. The van der Waals surface area contributed by atoms with Crippen LogP contribution in [0.3, 0.4) is 0 Å². The van der Waals surface area contributed by atoms with E-state index in [9.17, 15) is 14.4 Å². The molecule has 7 nitrogen and oxygen atoms in total. The second kappa shape index (κ2) is 7.98. The van der Waals surface area contributed by atoms with E-state index in [1.807, 2.05) is 30.3 Å². The van der Waals surface area contributed by atoms with E-state index in [1.54, 1.807) is 4.90 Å². The van der Waals surface area contributed by atoms with E-state index < -0.39 is 23.6 Å². The molecule has 0 aliphatic carbocycles. The van der Waals surface area contributed by atoms with Gasteiger partial charge in [0.05, 0.1) is 14.2 Å². The number of amides is 2. The molecule has 3 rings (SSSR count). The second-order valence-electron chi connectivity index (χ2n) is 7.20. The number of ether oxygens (including phenoxy) is 2. The lowest BCUT2D eigenvalue weighted by atomic mass is 9.87.